The Morgan fingerprint density at radius 3 is 2.75 bits per heavy atom. The van der Waals surface area contributed by atoms with Crippen LogP contribution in [0, 0.1) is 0 Å². The molecule has 8 heavy (non-hydrogen) atoms. The van der Waals surface area contributed by atoms with Gasteiger partial charge in [-0.3, -0.25) is 4.99 Å². The molecule has 0 aliphatic rings. The SMILES string of the molecule is C=N/C=C\C(S)=C/C. The lowest BCUT2D eigenvalue weighted by atomic mass is 10.5. The molecule has 0 unspecified atom stereocenters. The molecule has 0 aromatic rings. The van der Waals surface area contributed by atoms with Gasteiger partial charge >= 0.3 is 0 Å². The second-order valence-corrected chi connectivity index (χ2v) is 1.73. The maximum Gasteiger partial charge on any atom is 0.0271 e. The van der Waals surface area contributed by atoms with Crippen LogP contribution >= 0.6 is 12.6 Å². The third kappa shape index (κ3) is 3.68. The summed E-state index contributed by atoms with van der Waals surface area (Å²) < 4.78 is 0. The van der Waals surface area contributed by atoms with E-state index in [1.165, 1.54) is 0 Å². The lowest BCUT2D eigenvalue weighted by molar-refractivity contribution is 1.59. The van der Waals surface area contributed by atoms with E-state index in [2.05, 4.69) is 24.3 Å². The first-order valence-electron chi connectivity index (χ1n) is 2.29. The van der Waals surface area contributed by atoms with E-state index in [1.807, 2.05) is 13.0 Å². The van der Waals surface area contributed by atoms with Crippen molar-refractivity contribution in [1.29, 1.82) is 0 Å². The van der Waals surface area contributed by atoms with E-state index in [0.717, 1.165) is 4.91 Å². The number of rotatable bonds is 2. The summed E-state index contributed by atoms with van der Waals surface area (Å²) in [5.74, 6) is 0. The smallest absolute Gasteiger partial charge is 0.0271 e. The van der Waals surface area contributed by atoms with E-state index < -0.39 is 0 Å². The number of hydrogen-bond donors (Lipinski definition) is 1. The molecule has 0 aliphatic carbocycles. The molecule has 0 aromatic carbocycles. The molecule has 0 aromatic heterocycles. The minimum absolute atomic E-state index is 0.900. The maximum absolute atomic E-state index is 4.05. The third-order valence-electron chi connectivity index (χ3n) is 0.646. The number of thiol groups is 1. The van der Waals surface area contributed by atoms with Gasteiger partial charge in [-0.2, -0.15) is 0 Å². The molecule has 44 valence electrons. The molecule has 0 heterocycles. The van der Waals surface area contributed by atoms with Crippen molar-refractivity contribution in [2.24, 2.45) is 4.99 Å². The van der Waals surface area contributed by atoms with Gasteiger partial charge in [0.05, 0.1) is 0 Å². The Kier molecular flexibility index (Phi) is 4.36. The summed E-state index contributed by atoms with van der Waals surface area (Å²) in [4.78, 5) is 4.40. The minimum atomic E-state index is 0.900. The third-order valence-corrected chi connectivity index (χ3v) is 1.05. The van der Waals surface area contributed by atoms with E-state index >= 15 is 0 Å². The summed E-state index contributed by atoms with van der Waals surface area (Å²) in [6, 6.07) is 0. The highest BCUT2D eigenvalue weighted by molar-refractivity contribution is 7.84. The van der Waals surface area contributed by atoms with Crippen LogP contribution in [0.5, 0.6) is 0 Å². The molecule has 0 spiro atoms. The lowest BCUT2D eigenvalue weighted by Crippen LogP contribution is -1.56. The van der Waals surface area contributed by atoms with E-state index in [1.54, 1.807) is 12.3 Å². The molecule has 1 nitrogen and oxygen atoms in total. The normalized spacial score (nSPS) is 12.5. The summed E-state index contributed by atoms with van der Waals surface area (Å²) in [5.41, 5.74) is 0. The zero-order valence-corrected chi connectivity index (χ0v) is 5.73. The van der Waals surface area contributed by atoms with Crippen molar-refractivity contribution < 1.29 is 0 Å². The average Bonchev–Trinajstić information content (AvgIpc) is 1.83. The van der Waals surface area contributed by atoms with E-state index in [-0.39, 0.29) is 0 Å². The Labute approximate surface area is 55.2 Å². The molecule has 0 rings (SSSR count). The van der Waals surface area contributed by atoms with Gasteiger partial charge in [0.15, 0.2) is 0 Å². The molecule has 2 heteroatoms. The number of nitrogens with zero attached hydrogens (tertiary/aromatic N) is 1. The maximum atomic E-state index is 4.05. The molecule has 0 radical (unpaired) electrons. The Morgan fingerprint density at radius 1 is 1.75 bits per heavy atom. The Hall–Kier alpha value is -0.500. The summed E-state index contributed by atoms with van der Waals surface area (Å²) in [7, 11) is 0. The Balaban J connectivity index is 3.69. The Morgan fingerprint density at radius 2 is 2.38 bits per heavy atom. The molecule has 0 atom stereocenters. The second kappa shape index (κ2) is 4.65. The van der Waals surface area contributed by atoms with Gasteiger partial charge in [-0.15, -0.1) is 12.6 Å². The highest BCUT2D eigenvalue weighted by atomic mass is 32.1. The Bertz CT molecular complexity index is 124. The molecular weight excluding hydrogens is 118 g/mol. The van der Waals surface area contributed by atoms with Crippen molar-refractivity contribution >= 4 is 19.3 Å². The molecule has 0 aliphatic heterocycles. The highest BCUT2D eigenvalue weighted by Crippen LogP contribution is 1.99. The van der Waals surface area contributed by atoms with Gasteiger partial charge in [-0.05, 0) is 19.7 Å². The van der Waals surface area contributed by atoms with Crippen molar-refractivity contribution in [3.8, 4) is 0 Å². The molecule has 0 saturated carbocycles. The standard InChI is InChI=1S/C6H9NS/c1-3-6(8)4-5-7-2/h3-5,8H,2H2,1H3/b5-4-,6-3+. The lowest BCUT2D eigenvalue weighted by Gasteiger charge is -1.80. The monoisotopic (exact) mass is 127 g/mol. The van der Waals surface area contributed by atoms with Crippen LogP contribution in [0.4, 0.5) is 0 Å². The van der Waals surface area contributed by atoms with Crippen LogP contribution in [0.15, 0.2) is 28.2 Å². The van der Waals surface area contributed by atoms with Gasteiger partial charge in [-0.1, -0.05) is 6.08 Å². The van der Waals surface area contributed by atoms with Crippen LogP contribution in [0.3, 0.4) is 0 Å². The van der Waals surface area contributed by atoms with Gasteiger partial charge in [-0.25, -0.2) is 0 Å². The van der Waals surface area contributed by atoms with Crippen molar-refractivity contribution in [3.63, 3.8) is 0 Å². The van der Waals surface area contributed by atoms with Crippen LogP contribution in [-0.4, -0.2) is 6.72 Å². The quantitative estimate of drug-likeness (QED) is 0.331. The van der Waals surface area contributed by atoms with Gasteiger partial charge in [0.25, 0.3) is 0 Å². The molecule has 0 fully saturated rings. The van der Waals surface area contributed by atoms with Gasteiger partial charge < -0.3 is 0 Å². The van der Waals surface area contributed by atoms with Crippen molar-refractivity contribution in [1.82, 2.24) is 0 Å². The van der Waals surface area contributed by atoms with E-state index in [0.29, 0.717) is 0 Å². The van der Waals surface area contributed by atoms with Crippen LogP contribution in [0.25, 0.3) is 0 Å². The summed E-state index contributed by atoms with van der Waals surface area (Å²) in [6.07, 6.45) is 5.25. The van der Waals surface area contributed by atoms with Crippen molar-refractivity contribution in [2.45, 2.75) is 6.92 Å². The van der Waals surface area contributed by atoms with Crippen LogP contribution in [0.1, 0.15) is 6.92 Å². The largest absolute Gasteiger partial charge is 0.272 e. The zero-order chi connectivity index (χ0) is 6.41. The molecule has 0 N–H and O–H groups in total. The average molecular weight is 127 g/mol. The fraction of sp³-hybridized carbons (Fsp3) is 0.167. The topological polar surface area (TPSA) is 12.4 Å². The highest BCUT2D eigenvalue weighted by Gasteiger charge is 1.72. The van der Waals surface area contributed by atoms with E-state index in [4.69, 9.17) is 0 Å². The van der Waals surface area contributed by atoms with Crippen molar-refractivity contribution in [3.05, 3.63) is 23.3 Å². The number of hydrogen-bond acceptors (Lipinski definition) is 2. The summed E-state index contributed by atoms with van der Waals surface area (Å²) >= 11 is 4.05. The zero-order valence-electron chi connectivity index (χ0n) is 4.83. The molecule has 0 bridgehead atoms. The first-order chi connectivity index (χ1) is 3.81. The van der Waals surface area contributed by atoms with Gasteiger partial charge in [0, 0.05) is 11.1 Å². The molecular formula is C6H9NS. The summed E-state index contributed by atoms with van der Waals surface area (Å²) in [6.45, 7) is 5.18. The first kappa shape index (κ1) is 7.50. The van der Waals surface area contributed by atoms with E-state index in [9.17, 15) is 0 Å². The first-order valence-corrected chi connectivity index (χ1v) is 2.73. The fourth-order valence-corrected chi connectivity index (χ4v) is 0.292. The fourth-order valence-electron chi connectivity index (χ4n) is 0.225. The predicted octanol–water partition coefficient (Wildman–Crippen LogP) is 2.03. The van der Waals surface area contributed by atoms with Crippen LogP contribution in [-0.2, 0) is 0 Å². The summed E-state index contributed by atoms with van der Waals surface area (Å²) in [5, 5.41) is 0. The van der Waals surface area contributed by atoms with Gasteiger partial charge in [0.1, 0.15) is 0 Å². The second-order valence-electron chi connectivity index (χ2n) is 1.21. The number of aliphatic imine (C=N–C) groups is 1. The molecule has 0 saturated heterocycles. The molecule has 0 amide bonds. The van der Waals surface area contributed by atoms with Crippen LogP contribution < -0.4 is 0 Å². The minimum Gasteiger partial charge on any atom is -0.272 e. The van der Waals surface area contributed by atoms with Gasteiger partial charge in [0.2, 0.25) is 0 Å². The predicted molar refractivity (Wildman–Crippen MR) is 41.4 cm³/mol. The van der Waals surface area contributed by atoms with Crippen molar-refractivity contribution in [2.75, 3.05) is 0 Å². The number of allylic oxidation sites excluding steroid dienone is 2. The van der Waals surface area contributed by atoms with Crippen LogP contribution in [0.2, 0.25) is 0 Å².